The van der Waals surface area contributed by atoms with Crippen molar-refractivity contribution >= 4 is 11.9 Å². The molecule has 2 N–H and O–H groups in total. The Hall–Kier alpha value is -3.52. The number of esters is 2. The summed E-state index contributed by atoms with van der Waals surface area (Å²) in [6.07, 6.45) is 0.684. The molecule has 8 heteroatoms. The number of carbonyl (C=O) groups excluding carboxylic acids is 2. The van der Waals surface area contributed by atoms with Crippen LogP contribution in [0, 0.1) is 5.92 Å². The summed E-state index contributed by atoms with van der Waals surface area (Å²) in [6, 6.07) is 14.8. The SMILES string of the molecule is COC(=O)C1=C(NCCc2ccc(OC)c(OC)c2)C[C@](C)(O)[C@@H](C(=O)OC)[C@@H]1c1ccccc1. The Balaban J connectivity index is 1.99. The van der Waals surface area contributed by atoms with E-state index in [0.717, 1.165) is 5.56 Å². The number of hydrogen-bond donors (Lipinski definition) is 2. The maximum Gasteiger partial charge on any atom is 0.336 e. The van der Waals surface area contributed by atoms with Gasteiger partial charge in [0.2, 0.25) is 0 Å². The smallest absolute Gasteiger partial charge is 0.336 e. The molecule has 0 aliphatic heterocycles. The number of nitrogens with one attached hydrogen (secondary N) is 1. The zero-order valence-corrected chi connectivity index (χ0v) is 20.8. The lowest BCUT2D eigenvalue weighted by Gasteiger charge is -2.42. The van der Waals surface area contributed by atoms with Crippen LogP contribution < -0.4 is 14.8 Å². The minimum Gasteiger partial charge on any atom is -0.493 e. The Morgan fingerprint density at radius 3 is 2.29 bits per heavy atom. The van der Waals surface area contributed by atoms with Gasteiger partial charge in [0.25, 0.3) is 0 Å². The molecule has 35 heavy (non-hydrogen) atoms. The lowest BCUT2D eigenvalue weighted by molar-refractivity contribution is -0.157. The number of hydrogen-bond acceptors (Lipinski definition) is 8. The van der Waals surface area contributed by atoms with Gasteiger partial charge >= 0.3 is 11.9 Å². The van der Waals surface area contributed by atoms with Gasteiger partial charge in [-0.1, -0.05) is 36.4 Å². The van der Waals surface area contributed by atoms with Crippen molar-refractivity contribution in [3.8, 4) is 11.5 Å². The first-order chi connectivity index (χ1) is 16.8. The van der Waals surface area contributed by atoms with Crippen LogP contribution in [0.5, 0.6) is 11.5 Å². The van der Waals surface area contributed by atoms with Crippen LogP contribution in [-0.2, 0) is 25.5 Å². The number of ether oxygens (including phenoxy) is 4. The predicted molar refractivity (Wildman–Crippen MR) is 130 cm³/mol. The van der Waals surface area contributed by atoms with E-state index in [4.69, 9.17) is 18.9 Å². The molecule has 0 bridgehead atoms. The summed E-state index contributed by atoms with van der Waals surface area (Å²) < 4.78 is 20.8. The lowest BCUT2D eigenvalue weighted by Crippen LogP contribution is -2.50. The van der Waals surface area contributed by atoms with E-state index in [1.54, 1.807) is 21.1 Å². The van der Waals surface area contributed by atoms with Gasteiger partial charge in [-0.3, -0.25) is 4.79 Å². The van der Waals surface area contributed by atoms with E-state index in [9.17, 15) is 14.7 Å². The van der Waals surface area contributed by atoms with Crippen molar-refractivity contribution in [1.29, 1.82) is 0 Å². The molecule has 3 atom stereocenters. The van der Waals surface area contributed by atoms with Gasteiger partial charge in [0.15, 0.2) is 11.5 Å². The molecule has 0 saturated heterocycles. The molecule has 2 aromatic rings. The van der Waals surface area contributed by atoms with Gasteiger partial charge in [-0.15, -0.1) is 0 Å². The molecule has 0 fully saturated rings. The Kier molecular flexibility index (Phi) is 8.40. The Morgan fingerprint density at radius 2 is 1.69 bits per heavy atom. The summed E-state index contributed by atoms with van der Waals surface area (Å²) in [4.78, 5) is 25.9. The summed E-state index contributed by atoms with van der Waals surface area (Å²) in [6.45, 7) is 2.07. The van der Waals surface area contributed by atoms with Crippen molar-refractivity contribution in [2.24, 2.45) is 5.92 Å². The van der Waals surface area contributed by atoms with Crippen molar-refractivity contribution in [2.45, 2.75) is 31.3 Å². The molecular formula is C27H33NO7. The van der Waals surface area contributed by atoms with Crippen molar-refractivity contribution in [3.63, 3.8) is 0 Å². The first-order valence-corrected chi connectivity index (χ1v) is 11.4. The van der Waals surface area contributed by atoms with Crippen molar-refractivity contribution in [3.05, 3.63) is 70.9 Å². The minimum absolute atomic E-state index is 0.0620. The summed E-state index contributed by atoms with van der Waals surface area (Å²) in [7, 11) is 5.75. The van der Waals surface area contributed by atoms with Crippen molar-refractivity contribution in [1.82, 2.24) is 5.32 Å². The summed E-state index contributed by atoms with van der Waals surface area (Å²) >= 11 is 0. The van der Waals surface area contributed by atoms with Crippen LogP contribution in [0.1, 0.15) is 30.4 Å². The van der Waals surface area contributed by atoms with E-state index in [1.807, 2.05) is 48.5 Å². The third-order valence-electron chi connectivity index (χ3n) is 6.39. The Bertz CT molecular complexity index is 1080. The molecular weight excluding hydrogens is 450 g/mol. The topological polar surface area (TPSA) is 103 Å². The van der Waals surface area contributed by atoms with E-state index < -0.39 is 29.4 Å². The van der Waals surface area contributed by atoms with Crippen LogP contribution in [0.2, 0.25) is 0 Å². The van der Waals surface area contributed by atoms with Gasteiger partial charge in [-0.05, 0) is 36.6 Å². The second kappa shape index (κ2) is 11.3. The summed E-state index contributed by atoms with van der Waals surface area (Å²) in [5.41, 5.74) is 1.10. The third kappa shape index (κ3) is 5.59. The molecule has 0 saturated carbocycles. The van der Waals surface area contributed by atoms with E-state index in [2.05, 4.69) is 5.32 Å². The molecule has 0 unspecified atom stereocenters. The largest absolute Gasteiger partial charge is 0.493 e. The van der Waals surface area contributed by atoms with Gasteiger partial charge in [0, 0.05) is 24.6 Å². The molecule has 8 nitrogen and oxygen atoms in total. The minimum atomic E-state index is -1.46. The molecule has 188 valence electrons. The Morgan fingerprint density at radius 1 is 1.00 bits per heavy atom. The number of rotatable bonds is 9. The number of carbonyl (C=O) groups is 2. The normalized spacial score (nSPS) is 21.8. The zero-order valence-electron chi connectivity index (χ0n) is 20.8. The molecule has 1 aliphatic rings. The summed E-state index contributed by atoms with van der Waals surface area (Å²) in [5, 5.41) is 14.7. The first kappa shape index (κ1) is 26.1. The fraction of sp³-hybridized carbons (Fsp3) is 0.407. The monoisotopic (exact) mass is 483 g/mol. The van der Waals surface area contributed by atoms with Crippen LogP contribution in [0.3, 0.4) is 0 Å². The van der Waals surface area contributed by atoms with Gasteiger partial charge in [0.1, 0.15) is 0 Å². The van der Waals surface area contributed by atoms with E-state index in [1.165, 1.54) is 14.2 Å². The fourth-order valence-electron chi connectivity index (χ4n) is 4.72. The van der Waals surface area contributed by atoms with Gasteiger partial charge < -0.3 is 29.4 Å². The van der Waals surface area contributed by atoms with Gasteiger partial charge in [-0.2, -0.15) is 0 Å². The molecule has 2 aromatic carbocycles. The van der Waals surface area contributed by atoms with E-state index >= 15 is 0 Å². The lowest BCUT2D eigenvalue weighted by atomic mass is 9.66. The maximum atomic E-state index is 13.0. The summed E-state index contributed by atoms with van der Waals surface area (Å²) in [5.74, 6) is -1.61. The van der Waals surface area contributed by atoms with Crippen LogP contribution in [0.15, 0.2) is 59.8 Å². The van der Waals surface area contributed by atoms with E-state index in [0.29, 0.717) is 41.3 Å². The highest BCUT2D eigenvalue weighted by molar-refractivity contribution is 5.93. The molecule has 0 amide bonds. The number of aliphatic hydroxyl groups is 1. The van der Waals surface area contributed by atoms with Crippen LogP contribution in [-0.4, -0.2) is 57.6 Å². The number of benzene rings is 2. The predicted octanol–water partition coefficient (Wildman–Crippen LogP) is 2.99. The highest BCUT2D eigenvalue weighted by Gasteiger charge is 2.52. The zero-order chi connectivity index (χ0) is 25.6. The Labute approximate surface area is 205 Å². The second-order valence-corrected chi connectivity index (χ2v) is 8.67. The highest BCUT2D eigenvalue weighted by atomic mass is 16.5. The van der Waals surface area contributed by atoms with Crippen molar-refractivity contribution in [2.75, 3.05) is 35.0 Å². The fourth-order valence-corrected chi connectivity index (χ4v) is 4.72. The second-order valence-electron chi connectivity index (χ2n) is 8.67. The van der Waals surface area contributed by atoms with E-state index in [-0.39, 0.29) is 6.42 Å². The van der Waals surface area contributed by atoms with Crippen LogP contribution >= 0.6 is 0 Å². The number of methoxy groups -OCH3 is 4. The molecule has 0 aromatic heterocycles. The van der Waals surface area contributed by atoms with Crippen LogP contribution in [0.4, 0.5) is 0 Å². The first-order valence-electron chi connectivity index (χ1n) is 11.4. The van der Waals surface area contributed by atoms with Crippen molar-refractivity contribution < 1.29 is 33.6 Å². The molecule has 0 spiro atoms. The molecule has 0 heterocycles. The average Bonchev–Trinajstić information content (AvgIpc) is 2.87. The highest BCUT2D eigenvalue weighted by Crippen LogP contribution is 2.47. The molecule has 1 aliphatic carbocycles. The van der Waals surface area contributed by atoms with Crippen LogP contribution in [0.25, 0.3) is 0 Å². The average molecular weight is 484 g/mol. The molecule has 3 rings (SSSR count). The third-order valence-corrected chi connectivity index (χ3v) is 6.39. The van der Waals surface area contributed by atoms with Gasteiger partial charge in [0.05, 0.1) is 45.5 Å². The quantitative estimate of drug-likeness (QED) is 0.525. The molecule has 0 radical (unpaired) electrons. The standard InChI is InChI=1S/C27H33NO7/c1-27(31)16-19(28-14-13-17-11-12-20(32-2)21(15-17)33-3)23(25(29)34-4)22(24(27)26(30)35-5)18-9-7-6-8-10-18/h6-12,15,22,24,28,31H,13-14,16H2,1-5H3/t22-,24-,27+/m1/s1. The van der Waals surface area contributed by atoms with Gasteiger partial charge in [-0.25, -0.2) is 4.79 Å². The maximum absolute atomic E-state index is 13.0.